The van der Waals surface area contributed by atoms with E-state index in [-0.39, 0.29) is 6.04 Å². The lowest BCUT2D eigenvalue weighted by Crippen LogP contribution is -2.41. The van der Waals surface area contributed by atoms with Crippen LogP contribution in [-0.2, 0) is 6.42 Å². The Balaban J connectivity index is 2.00. The average Bonchev–Trinajstić information content (AvgIpc) is 2.84. The molecule has 94 valence electrons. The Morgan fingerprint density at radius 2 is 2.32 bits per heavy atom. The first-order chi connectivity index (χ1) is 9.28. The fraction of sp³-hybridized carbons (Fsp3) is 0.312. The molecule has 0 radical (unpaired) electrons. The number of nitrogens with zero attached hydrogens (tertiary/aromatic N) is 2. The van der Waals surface area contributed by atoms with Gasteiger partial charge in [0.25, 0.3) is 0 Å². The van der Waals surface area contributed by atoms with Gasteiger partial charge in [-0.1, -0.05) is 25.1 Å². The van der Waals surface area contributed by atoms with Gasteiger partial charge in [-0.3, -0.25) is 0 Å². The summed E-state index contributed by atoms with van der Waals surface area (Å²) >= 11 is 0. The van der Waals surface area contributed by atoms with Gasteiger partial charge in [-0.05, 0) is 35.1 Å². The van der Waals surface area contributed by atoms with Crippen LogP contribution in [0.5, 0.6) is 0 Å². The second-order valence-electron chi connectivity index (χ2n) is 5.61. The Kier molecular flexibility index (Phi) is 2.05. The minimum absolute atomic E-state index is 0.218. The van der Waals surface area contributed by atoms with E-state index in [1.54, 1.807) is 0 Å². The molecule has 0 amide bonds. The van der Waals surface area contributed by atoms with E-state index in [9.17, 15) is 5.26 Å². The number of aromatic amines is 1. The van der Waals surface area contributed by atoms with Crippen LogP contribution < -0.4 is 0 Å². The minimum atomic E-state index is 0.218. The van der Waals surface area contributed by atoms with Gasteiger partial charge in [0, 0.05) is 23.6 Å². The quantitative estimate of drug-likeness (QED) is 0.729. The van der Waals surface area contributed by atoms with E-state index >= 15 is 0 Å². The summed E-state index contributed by atoms with van der Waals surface area (Å²) in [5.74, 6) is 0.432. The van der Waals surface area contributed by atoms with Gasteiger partial charge in [-0.25, -0.2) is 0 Å². The molecule has 2 atom stereocenters. The molecular weight excluding hydrogens is 234 g/mol. The number of rotatable bonds is 0. The van der Waals surface area contributed by atoms with Gasteiger partial charge in [0.1, 0.15) is 0 Å². The van der Waals surface area contributed by atoms with Crippen LogP contribution >= 0.6 is 0 Å². The molecule has 1 aromatic heterocycles. The van der Waals surface area contributed by atoms with Gasteiger partial charge in [-0.2, -0.15) is 5.26 Å². The molecule has 0 spiro atoms. The third-order valence-electron chi connectivity index (χ3n) is 4.32. The van der Waals surface area contributed by atoms with Gasteiger partial charge in [0.15, 0.2) is 6.19 Å². The van der Waals surface area contributed by atoms with E-state index < -0.39 is 0 Å². The number of aromatic nitrogens is 1. The monoisotopic (exact) mass is 249 g/mol. The van der Waals surface area contributed by atoms with Crippen molar-refractivity contribution in [2.75, 3.05) is 6.54 Å². The van der Waals surface area contributed by atoms with E-state index in [4.69, 9.17) is 0 Å². The third-order valence-corrected chi connectivity index (χ3v) is 4.32. The molecule has 1 aliphatic carbocycles. The van der Waals surface area contributed by atoms with Gasteiger partial charge in [-0.15, -0.1) is 0 Å². The highest BCUT2D eigenvalue weighted by Gasteiger charge is 2.33. The van der Waals surface area contributed by atoms with Crippen LogP contribution in [0.2, 0.25) is 0 Å². The Hall–Kier alpha value is -2.21. The summed E-state index contributed by atoms with van der Waals surface area (Å²) in [6.07, 6.45) is 7.75. The molecule has 2 aromatic rings. The number of nitriles is 1. The molecular formula is C16H15N3. The van der Waals surface area contributed by atoms with Crippen molar-refractivity contribution < 1.29 is 0 Å². The highest BCUT2D eigenvalue weighted by molar-refractivity contribution is 5.98. The van der Waals surface area contributed by atoms with Gasteiger partial charge < -0.3 is 9.88 Å². The zero-order valence-electron chi connectivity index (χ0n) is 10.9. The number of benzene rings is 1. The lowest BCUT2D eigenvalue weighted by atomic mass is 9.80. The normalized spacial score (nSPS) is 24.8. The van der Waals surface area contributed by atoms with Crippen molar-refractivity contribution in [3.05, 3.63) is 41.6 Å². The van der Waals surface area contributed by atoms with E-state index in [1.807, 2.05) is 4.90 Å². The molecule has 3 heteroatoms. The van der Waals surface area contributed by atoms with Crippen LogP contribution in [0.4, 0.5) is 0 Å². The summed E-state index contributed by atoms with van der Waals surface area (Å²) in [5.41, 5.74) is 5.17. The Bertz CT molecular complexity index is 732. The molecule has 3 nitrogen and oxygen atoms in total. The van der Waals surface area contributed by atoms with Crippen molar-refractivity contribution >= 4 is 16.5 Å². The fourth-order valence-electron chi connectivity index (χ4n) is 3.54. The van der Waals surface area contributed by atoms with Crippen molar-refractivity contribution in [3.63, 3.8) is 0 Å². The van der Waals surface area contributed by atoms with Crippen LogP contribution in [0.15, 0.2) is 30.5 Å². The summed E-state index contributed by atoms with van der Waals surface area (Å²) in [6, 6.07) is 6.62. The topological polar surface area (TPSA) is 42.8 Å². The maximum Gasteiger partial charge on any atom is 0.179 e. The summed E-state index contributed by atoms with van der Waals surface area (Å²) in [5, 5.41) is 10.7. The maximum absolute atomic E-state index is 9.38. The largest absolute Gasteiger partial charge is 0.361 e. The highest BCUT2D eigenvalue weighted by Crippen LogP contribution is 2.40. The van der Waals surface area contributed by atoms with E-state index in [0.717, 1.165) is 13.0 Å². The molecule has 1 aromatic carbocycles. The lowest BCUT2D eigenvalue weighted by Gasteiger charge is -2.38. The van der Waals surface area contributed by atoms with Crippen molar-refractivity contribution in [2.45, 2.75) is 19.4 Å². The number of fused-ring (bicyclic) bond motifs is 2. The van der Waals surface area contributed by atoms with Crippen molar-refractivity contribution in [3.8, 4) is 6.19 Å². The second kappa shape index (κ2) is 3.64. The summed E-state index contributed by atoms with van der Waals surface area (Å²) < 4.78 is 0. The second-order valence-corrected chi connectivity index (χ2v) is 5.61. The maximum atomic E-state index is 9.38. The molecule has 4 rings (SSSR count). The molecule has 2 heterocycles. The Morgan fingerprint density at radius 3 is 3.16 bits per heavy atom. The van der Waals surface area contributed by atoms with E-state index in [1.165, 1.54) is 27.6 Å². The highest BCUT2D eigenvalue weighted by atomic mass is 15.2. The Labute approximate surface area is 112 Å². The van der Waals surface area contributed by atoms with Crippen molar-refractivity contribution in [1.29, 1.82) is 5.26 Å². The molecule has 0 saturated heterocycles. The van der Waals surface area contributed by atoms with Crippen LogP contribution in [0, 0.1) is 17.4 Å². The number of hydrogen-bond donors (Lipinski definition) is 1. The lowest BCUT2D eigenvalue weighted by molar-refractivity contribution is 0.298. The summed E-state index contributed by atoms with van der Waals surface area (Å²) in [6.45, 7) is 3.01. The van der Waals surface area contributed by atoms with Crippen LogP contribution in [0.25, 0.3) is 16.5 Å². The molecule has 0 bridgehead atoms. The predicted octanol–water partition coefficient (Wildman–Crippen LogP) is 2.91. The third kappa shape index (κ3) is 1.37. The first kappa shape index (κ1) is 10.7. The van der Waals surface area contributed by atoms with Gasteiger partial charge in [0.2, 0.25) is 0 Å². The standard InChI is InChI=1S/C16H15N3/c1-10-5-13-12-3-2-4-14-16(12)11(7-18-14)6-15(13)19(8-10)9-17/h2-5,7,10,15,18H,6,8H2,1H3/t10-,15-/m1/s1. The molecule has 0 saturated carbocycles. The number of nitrogens with one attached hydrogen (secondary N) is 1. The molecule has 0 unspecified atom stereocenters. The van der Waals surface area contributed by atoms with Crippen molar-refractivity contribution in [2.24, 2.45) is 5.92 Å². The average molecular weight is 249 g/mol. The predicted molar refractivity (Wildman–Crippen MR) is 75.3 cm³/mol. The molecule has 1 N–H and O–H groups in total. The number of H-pyrrole nitrogens is 1. The SMILES string of the molecule is C[C@@H]1C=C2c3cccc4[nH]cc(c34)C[C@H]2N(C#N)C1. The van der Waals surface area contributed by atoms with E-state index in [2.05, 4.69) is 48.6 Å². The Morgan fingerprint density at radius 1 is 1.42 bits per heavy atom. The smallest absolute Gasteiger partial charge is 0.179 e. The van der Waals surface area contributed by atoms with Crippen molar-refractivity contribution in [1.82, 2.24) is 9.88 Å². The fourth-order valence-corrected chi connectivity index (χ4v) is 3.54. The first-order valence-corrected chi connectivity index (χ1v) is 6.75. The molecule has 1 aliphatic heterocycles. The zero-order valence-corrected chi connectivity index (χ0v) is 10.9. The molecule has 2 aliphatic rings. The van der Waals surface area contributed by atoms with E-state index in [0.29, 0.717) is 5.92 Å². The van der Waals surface area contributed by atoms with Crippen LogP contribution in [-0.4, -0.2) is 22.5 Å². The van der Waals surface area contributed by atoms with Crippen LogP contribution in [0.1, 0.15) is 18.1 Å². The zero-order chi connectivity index (χ0) is 13.0. The van der Waals surface area contributed by atoms with Gasteiger partial charge in [0.05, 0.1) is 6.04 Å². The summed E-state index contributed by atoms with van der Waals surface area (Å²) in [7, 11) is 0. The summed E-state index contributed by atoms with van der Waals surface area (Å²) in [4.78, 5) is 5.28. The van der Waals surface area contributed by atoms with Crippen LogP contribution in [0.3, 0.4) is 0 Å². The molecule has 0 fully saturated rings. The van der Waals surface area contributed by atoms with Gasteiger partial charge >= 0.3 is 0 Å². The minimum Gasteiger partial charge on any atom is -0.361 e. The molecule has 19 heavy (non-hydrogen) atoms. The number of hydrogen-bond acceptors (Lipinski definition) is 2. The first-order valence-electron chi connectivity index (χ1n) is 6.75.